The number of H-pyrrole nitrogens is 1. The lowest BCUT2D eigenvalue weighted by Gasteiger charge is -2.29. The van der Waals surface area contributed by atoms with Crippen molar-refractivity contribution in [2.45, 2.75) is 44.3 Å². The highest BCUT2D eigenvalue weighted by Gasteiger charge is 2.57. The number of aryl methyl sites for hydroxylation is 1. The summed E-state index contributed by atoms with van der Waals surface area (Å²) < 4.78 is 39.0. The van der Waals surface area contributed by atoms with Crippen LogP contribution in [0.1, 0.15) is 31.3 Å². The number of aromatic amines is 1. The predicted molar refractivity (Wildman–Crippen MR) is 67.9 cm³/mol. The molecule has 114 valence electrons. The summed E-state index contributed by atoms with van der Waals surface area (Å²) in [5.41, 5.74) is 3.03. The molecule has 0 fully saturated rings. The van der Waals surface area contributed by atoms with Crippen LogP contribution in [0.15, 0.2) is 6.20 Å². The average molecular weight is 292 g/mol. The number of nitrogens with two attached hydrogens (primary N) is 1. The number of carbonyl (C=O) groups is 1. The first-order valence-electron chi connectivity index (χ1n) is 6.35. The standard InChI is InChI=1S/C12H19F3N4O/c1-3-4-5-8-7-18-9(19-8)6-11(16,10(20)17-2)12(13,14)15/h7H,3-6,16H2,1-2H3,(H,17,20)(H,18,19). The van der Waals surface area contributed by atoms with Gasteiger partial charge in [-0.15, -0.1) is 0 Å². The number of hydrogen-bond donors (Lipinski definition) is 3. The second-order valence-corrected chi connectivity index (χ2v) is 4.68. The maximum absolute atomic E-state index is 13.0. The van der Waals surface area contributed by atoms with Gasteiger partial charge < -0.3 is 16.0 Å². The number of rotatable bonds is 6. The van der Waals surface area contributed by atoms with Crippen LogP contribution in [0.2, 0.25) is 0 Å². The van der Waals surface area contributed by atoms with Crippen LogP contribution in [0.4, 0.5) is 13.2 Å². The Morgan fingerprint density at radius 3 is 2.65 bits per heavy atom. The first-order chi connectivity index (χ1) is 9.24. The molecule has 0 aliphatic carbocycles. The van der Waals surface area contributed by atoms with E-state index < -0.39 is 24.0 Å². The van der Waals surface area contributed by atoms with Gasteiger partial charge in [0.05, 0.1) is 0 Å². The van der Waals surface area contributed by atoms with E-state index in [0.717, 1.165) is 25.6 Å². The van der Waals surface area contributed by atoms with Gasteiger partial charge in [-0.3, -0.25) is 4.79 Å². The summed E-state index contributed by atoms with van der Waals surface area (Å²) in [4.78, 5) is 18.1. The van der Waals surface area contributed by atoms with Crippen molar-refractivity contribution in [3.63, 3.8) is 0 Å². The van der Waals surface area contributed by atoms with E-state index in [1.807, 2.05) is 12.2 Å². The zero-order valence-corrected chi connectivity index (χ0v) is 11.5. The van der Waals surface area contributed by atoms with Crippen LogP contribution in [0.5, 0.6) is 0 Å². The summed E-state index contributed by atoms with van der Waals surface area (Å²) in [6, 6.07) is 0. The molecule has 1 unspecified atom stereocenters. The monoisotopic (exact) mass is 292 g/mol. The number of unbranched alkanes of at least 4 members (excludes halogenated alkanes) is 1. The number of likely N-dealkylation sites (N-methyl/N-ethyl adjacent to an activating group) is 1. The van der Waals surface area contributed by atoms with Gasteiger partial charge in [-0.25, -0.2) is 4.98 Å². The van der Waals surface area contributed by atoms with Gasteiger partial charge in [-0.1, -0.05) is 13.3 Å². The van der Waals surface area contributed by atoms with Crippen molar-refractivity contribution in [3.8, 4) is 0 Å². The molecular weight excluding hydrogens is 273 g/mol. The lowest BCUT2D eigenvalue weighted by molar-refractivity contribution is -0.191. The fourth-order valence-corrected chi connectivity index (χ4v) is 1.79. The van der Waals surface area contributed by atoms with Crippen LogP contribution in [0, 0.1) is 0 Å². The number of imidazole rings is 1. The van der Waals surface area contributed by atoms with E-state index in [2.05, 4.69) is 9.97 Å². The normalized spacial score (nSPS) is 14.9. The van der Waals surface area contributed by atoms with E-state index in [4.69, 9.17) is 5.73 Å². The quantitative estimate of drug-likeness (QED) is 0.739. The molecule has 0 saturated heterocycles. The van der Waals surface area contributed by atoms with Gasteiger partial charge in [-0.2, -0.15) is 13.2 Å². The molecule has 1 heterocycles. The highest BCUT2D eigenvalue weighted by molar-refractivity contribution is 5.87. The first kappa shape index (κ1) is 16.5. The molecule has 0 bridgehead atoms. The molecule has 1 rings (SSSR count). The van der Waals surface area contributed by atoms with Crippen LogP contribution in [0.3, 0.4) is 0 Å². The minimum atomic E-state index is -4.86. The van der Waals surface area contributed by atoms with Crippen molar-refractivity contribution in [2.75, 3.05) is 7.05 Å². The topological polar surface area (TPSA) is 83.8 Å². The molecule has 1 atom stereocenters. The Bertz CT molecular complexity index is 458. The average Bonchev–Trinajstić information content (AvgIpc) is 2.81. The molecule has 0 saturated carbocycles. The molecule has 0 radical (unpaired) electrons. The van der Waals surface area contributed by atoms with Crippen molar-refractivity contribution >= 4 is 5.91 Å². The van der Waals surface area contributed by atoms with Crippen LogP contribution in [0.25, 0.3) is 0 Å². The van der Waals surface area contributed by atoms with Crippen LogP contribution >= 0.6 is 0 Å². The molecule has 8 heteroatoms. The highest BCUT2D eigenvalue weighted by atomic mass is 19.4. The molecule has 0 aliphatic heterocycles. The molecular formula is C12H19F3N4O. The zero-order chi connectivity index (χ0) is 15.4. The third-order valence-corrected chi connectivity index (χ3v) is 3.07. The predicted octanol–water partition coefficient (Wildman–Crippen LogP) is 1.30. The number of nitrogens with one attached hydrogen (secondary N) is 2. The molecule has 0 aliphatic rings. The number of hydrogen-bond acceptors (Lipinski definition) is 3. The number of halogens is 3. The van der Waals surface area contributed by atoms with E-state index in [1.165, 1.54) is 6.20 Å². The van der Waals surface area contributed by atoms with Gasteiger partial charge >= 0.3 is 6.18 Å². The Balaban J connectivity index is 2.91. The fourth-order valence-electron chi connectivity index (χ4n) is 1.79. The van der Waals surface area contributed by atoms with E-state index in [0.29, 0.717) is 6.42 Å². The third-order valence-electron chi connectivity index (χ3n) is 3.07. The van der Waals surface area contributed by atoms with Gasteiger partial charge in [0.25, 0.3) is 0 Å². The minimum absolute atomic E-state index is 0.0551. The first-order valence-corrected chi connectivity index (χ1v) is 6.35. The maximum atomic E-state index is 13.0. The van der Waals surface area contributed by atoms with Gasteiger partial charge in [0.15, 0.2) is 5.54 Å². The fraction of sp³-hybridized carbons (Fsp3) is 0.667. The number of alkyl halides is 3. The van der Waals surface area contributed by atoms with Crippen molar-refractivity contribution in [3.05, 3.63) is 17.7 Å². The van der Waals surface area contributed by atoms with Gasteiger partial charge in [-0.05, 0) is 12.8 Å². The highest BCUT2D eigenvalue weighted by Crippen LogP contribution is 2.31. The van der Waals surface area contributed by atoms with Gasteiger partial charge in [0.2, 0.25) is 5.91 Å². The second-order valence-electron chi connectivity index (χ2n) is 4.68. The molecule has 4 N–H and O–H groups in total. The minimum Gasteiger partial charge on any atom is -0.357 e. The third kappa shape index (κ3) is 3.50. The summed E-state index contributed by atoms with van der Waals surface area (Å²) in [6.07, 6.45) is -1.52. The molecule has 1 amide bonds. The van der Waals surface area contributed by atoms with Gasteiger partial charge in [0.1, 0.15) is 5.82 Å². The summed E-state index contributed by atoms with van der Waals surface area (Å²) in [5, 5.41) is 1.95. The number of amides is 1. The lowest BCUT2D eigenvalue weighted by Crippen LogP contribution is -2.64. The SMILES string of the molecule is CCCCc1cnc(CC(N)(C(=O)NC)C(F)(F)F)[nH]1. The van der Waals surface area contributed by atoms with E-state index in [1.54, 1.807) is 0 Å². The van der Waals surface area contributed by atoms with E-state index >= 15 is 0 Å². The zero-order valence-electron chi connectivity index (χ0n) is 11.5. The van der Waals surface area contributed by atoms with E-state index in [9.17, 15) is 18.0 Å². The van der Waals surface area contributed by atoms with Gasteiger partial charge in [0, 0.05) is 25.4 Å². The van der Waals surface area contributed by atoms with Crippen LogP contribution in [-0.2, 0) is 17.6 Å². The Kier molecular flexibility index (Phi) is 5.15. The van der Waals surface area contributed by atoms with Crippen molar-refractivity contribution in [1.29, 1.82) is 0 Å². The Labute approximate surface area is 115 Å². The lowest BCUT2D eigenvalue weighted by atomic mass is 9.94. The van der Waals surface area contributed by atoms with Crippen molar-refractivity contribution in [2.24, 2.45) is 5.73 Å². The van der Waals surface area contributed by atoms with Crippen molar-refractivity contribution in [1.82, 2.24) is 15.3 Å². The van der Waals surface area contributed by atoms with Crippen molar-refractivity contribution < 1.29 is 18.0 Å². The maximum Gasteiger partial charge on any atom is 0.415 e. The van der Waals surface area contributed by atoms with E-state index in [-0.39, 0.29) is 5.82 Å². The number of nitrogens with zero attached hydrogens (tertiary/aromatic N) is 1. The Morgan fingerprint density at radius 2 is 2.15 bits per heavy atom. The molecule has 0 aromatic carbocycles. The molecule has 5 nitrogen and oxygen atoms in total. The summed E-state index contributed by atoms with van der Waals surface area (Å²) in [6.45, 7) is 2.01. The molecule has 1 aromatic heterocycles. The Morgan fingerprint density at radius 1 is 1.50 bits per heavy atom. The summed E-state index contributed by atoms with van der Waals surface area (Å²) >= 11 is 0. The molecule has 20 heavy (non-hydrogen) atoms. The molecule has 1 aromatic rings. The number of aromatic nitrogens is 2. The largest absolute Gasteiger partial charge is 0.415 e. The summed E-state index contributed by atoms with van der Waals surface area (Å²) in [5.74, 6) is -1.23. The Hall–Kier alpha value is -1.57. The number of carbonyl (C=O) groups excluding carboxylic acids is 1. The van der Waals surface area contributed by atoms with Crippen LogP contribution in [-0.4, -0.2) is 34.6 Å². The second kappa shape index (κ2) is 6.25. The van der Waals surface area contributed by atoms with Crippen LogP contribution < -0.4 is 11.1 Å². The molecule has 0 spiro atoms. The summed E-state index contributed by atoms with van der Waals surface area (Å²) in [7, 11) is 1.12. The smallest absolute Gasteiger partial charge is 0.357 e.